The molecule has 0 unspecified atom stereocenters. The largest absolute Gasteiger partial charge is 0.382 e. The molecule has 1 aromatic rings. The maximum Gasteiger partial charge on any atom is 0.255 e. The van der Waals surface area contributed by atoms with Crippen molar-refractivity contribution in [3.8, 4) is 0 Å². The van der Waals surface area contributed by atoms with Gasteiger partial charge in [0.1, 0.15) is 5.82 Å². The van der Waals surface area contributed by atoms with Gasteiger partial charge in [-0.3, -0.25) is 4.79 Å². The highest BCUT2D eigenvalue weighted by Crippen LogP contribution is 2.18. The van der Waals surface area contributed by atoms with E-state index in [1.54, 1.807) is 0 Å². The number of nitrogens with two attached hydrogens (primary N) is 1. The van der Waals surface area contributed by atoms with E-state index in [0.29, 0.717) is 5.56 Å². The Morgan fingerprint density at radius 3 is 2.56 bits per heavy atom. The molecule has 8 heteroatoms. The average Bonchev–Trinajstić information content (AvgIpc) is 2.32. The van der Waals surface area contributed by atoms with Gasteiger partial charge >= 0.3 is 0 Å². The summed E-state index contributed by atoms with van der Waals surface area (Å²) in [5, 5.41) is 0.213. The number of hydrogen-bond acceptors (Lipinski definition) is 5. The highest BCUT2D eigenvalue weighted by Gasteiger charge is 2.26. The molecule has 1 aliphatic rings. The minimum atomic E-state index is -3.00. The van der Waals surface area contributed by atoms with Gasteiger partial charge in [-0.05, 0) is 6.07 Å². The monoisotopic (exact) mass is 289 g/mol. The second kappa shape index (κ2) is 4.74. The molecule has 18 heavy (non-hydrogen) atoms. The normalized spacial score (nSPS) is 18.6. The molecule has 0 aromatic carbocycles. The first-order chi connectivity index (χ1) is 8.39. The van der Waals surface area contributed by atoms with Crippen LogP contribution < -0.4 is 5.73 Å². The molecule has 1 saturated heterocycles. The Morgan fingerprint density at radius 2 is 2.00 bits per heavy atom. The van der Waals surface area contributed by atoms with Crippen molar-refractivity contribution in [1.29, 1.82) is 0 Å². The van der Waals surface area contributed by atoms with Gasteiger partial charge in [-0.1, -0.05) is 11.6 Å². The number of pyridine rings is 1. The molecule has 98 valence electrons. The summed E-state index contributed by atoms with van der Waals surface area (Å²) >= 11 is 5.79. The van der Waals surface area contributed by atoms with Gasteiger partial charge in [-0.25, -0.2) is 13.4 Å². The first-order valence-electron chi connectivity index (χ1n) is 5.30. The molecule has 1 aromatic heterocycles. The molecule has 2 heterocycles. The summed E-state index contributed by atoms with van der Waals surface area (Å²) < 4.78 is 22.5. The Bertz CT molecular complexity index is 574. The Balaban J connectivity index is 2.15. The molecule has 2 N–H and O–H groups in total. The third-order valence-electron chi connectivity index (χ3n) is 2.75. The van der Waals surface area contributed by atoms with Crippen LogP contribution in [-0.2, 0) is 9.84 Å². The molecule has 1 amide bonds. The summed E-state index contributed by atoms with van der Waals surface area (Å²) in [7, 11) is -3.00. The highest BCUT2D eigenvalue weighted by atomic mass is 35.5. The van der Waals surface area contributed by atoms with Crippen molar-refractivity contribution in [3.05, 3.63) is 22.8 Å². The van der Waals surface area contributed by atoms with Crippen LogP contribution in [0.25, 0.3) is 0 Å². The van der Waals surface area contributed by atoms with Crippen molar-refractivity contribution in [3.63, 3.8) is 0 Å². The van der Waals surface area contributed by atoms with E-state index >= 15 is 0 Å². The standard InChI is InChI=1S/C10H12ClN3O3S/c11-8-5-7(6-13-9(8)12)10(15)14-1-3-18(16,17)4-2-14/h5-6H,1-4H2,(H2,12,13). The molecule has 0 atom stereocenters. The van der Waals surface area contributed by atoms with E-state index in [0.717, 1.165) is 0 Å². The molecule has 1 fully saturated rings. The number of anilines is 1. The highest BCUT2D eigenvalue weighted by molar-refractivity contribution is 7.91. The average molecular weight is 290 g/mol. The van der Waals surface area contributed by atoms with Gasteiger partial charge in [0.15, 0.2) is 9.84 Å². The van der Waals surface area contributed by atoms with Crippen LogP contribution in [0.15, 0.2) is 12.3 Å². The zero-order valence-electron chi connectivity index (χ0n) is 9.47. The van der Waals surface area contributed by atoms with E-state index in [4.69, 9.17) is 17.3 Å². The van der Waals surface area contributed by atoms with Crippen LogP contribution >= 0.6 is 11.6 Å². The van der Waals surface area contributed by atoms with E-state index in [1.807, 2.05) is 0 Å². The number of nitrogens with zero attached hydrogens (tertiary/aromatic N) is 2. The summed E-state index contributed by atoms with van der Waals surface area (Å²) in [6.45, 7) is 0.395. The number of amides is 1. The number of hydrogen-bond donors (Lipinski definition) is 1. The third-order valence-corrected chi connectivity index (χ3v) is 4.66. The zero-order valence-corrected chi connectivity index (χ0v) is 11.0. The summed E-state index contributed by atoms with van der Waals surface area (Å²) in [6, 6.07) is 1.44. The quantitative estimate of drug-likeness (QED) is 0.796. The summed E-state index contributed by atoms with van der Waals surface area (Å²) in [5.74, 6) is -0.127. The van der Waals surface area contributed by atoms with Crippen molar-refractivity contribution < 1.29 is 13.2 Å². The SMILES string of the molecule is Nc1ncc(C(=O)N2CCS(=O)(=O)CC2)cc1Cl. The van der Waals surface area contributed by atoms with Gasteiger partial charge < -0.3 is 10.6 Å². The van der Waals surface area contributed by atoms with Gasteiger partial charge in [0.25, 0.3) is 5.91 Å². The first kappa shape index (κ1) is 13.1. The number of aromatic nitrogens is 1. The van der Waals surface area contributed by atoms with Gasteiger partial charge in [0, 0.05) is 19.3 Å². The van der Waals surface area contributed by atoms with Crippen LogP contribution in [0.4, 0.5) is 5.82 Å². The van der Waals surface area contributed by atoms with Crippen molar-refractivity contribution in [1.82, 2.24) is 9.88 Å². The van der Waals surface area contributed by atoms with Gasteiger partial charge in [0.2, 0.25) is 0 Å². The van der Waals surface area contributed by atoms with E-state index < -0.39 is 9.84 Å². The molecule has 0 bridgehead atoms. The van der Waals surface area contributed by atoms with Crippen molar-refractivity contribution in [2.45, 2.75) is 0 Å². The zero-order chi connectivity index (χ0) is 13.3. The summed E-state index contributed by atoms with van der Waals surface area (Å²) in [4.78, 5) is 17.3. The lowest BCUT2D eigenvalue weighted by molar-refractivity contribution is 0.0770. The Kier molecular flexibility index (Phi) is 3.45. The molecule has 0 saturated carbocycles. The molecule has 2 rings (SSSR count). The molecule has 6 nitrogen and oxygen atoms in total. The second-order valence-corrected chi connectivity index (χ2v) is 6.75. The van der Waals surface area contributed by atoms with E-state index in [2.05, 4.69) is 4.98 Å². The predicted molar refractivity (Wildman–Crippen MR) is 68.2 cm³/mol. The van der Waals surface area contributed by atoms with Gasteiger partial charge in [0.05, 0.1) is 22.1 Å². The number of nitrogen functional groups attached to an aromatic ring is 1. The van der Waals surface area contributed by atoms with Crippen LogP contribution in [0.1, 0.15) is 10.4 Å². The van der Waals surface area contributed by atoms with Gasteiger partial charge in [-0.15, -0.1) is 0 Å². The number of halogens is 1. The fraction of sp³-hybridized carbons (Fsp3) is 0.400. The van der Waals surface area contributed by atoms with Gasteiger partial charge in [-0.2, -0.15) is 0 Å². The minimum absolute atomic E-state index is 0.00509. The maximum atomic E-state index is 12.1. The van der Waals surface area contributed by atoms with Crippen LogP contribution in [0.5, 0.6) is 0 Å². The van der Waals surface area contributed by atoms with Crippen molar-refractivity contribution in [2.75, 3.05) is 30.3 Å². The maximum absolute atomic E-state index is 12.1. The molecule has 0 radical (unpaired) electrons. The molecular formula is C10H12ClN3O3S. The molecule has 0 spiro atoms. The van der Waals surface area contributed by atoms with Crippen molar-refractivity contribution in [2.24, 2.45) is 0 Å². The fourth-order valence-corrected chi connectivity index (χ4v) is 3.03. The van der Waals surface area contributed by atoms with Crippen LogP contribution in [-0.4, -0.2) is 48.8 Å². The number of carbonyl (C=O) groups is 1. The predicted octanol–water partition coefficient (Wildman–Crippen LogP) is 0.188. The smallest absolute Gasteiger partial charge is 0.255 e. The molecular weight excluding hydrogens is 278 g/mol. The number of carbonyl (C=O) groups excluding carboxylic acids is 1. The Morgan fingerprint density at radius 1 is 1.39 bits per heavy atom. The number of rotatable bonds is 1. The Labute approximate surface area is 110 Å². The van der Waals surface area contributed by atoms with E-state index in [9.17, 15) is 13.2 Å². The lowest BCUT2D eigenvalue weighted by atomic mass is 10.2. The lowest BCUT2D eigenvalue weighted by Crippen LogP contribution is -2.43. The molecule has 0 aliphatic carbocycles. The summed E-state index contributed by atoms with van der Waals surface area (Å²) in [6.07, 6.45) is 1.34. The van der Waals surface area contributed by atoms with Crippen LogP contribution in [0.3, 0.4) is 0 Å². The number of sulfone groups is 1. The van der Waals surface area contributed by atoms with Crippen LogP contribution in [0.2, 0.25) is 5.02 Å². The summed E-state index contributed by atoms with van der Waals surface area (Å²) in [5.41, 5.74) is 5.77. The molecule has 1 aliphatic heterocycles. The minimum Gasteiger partial charge on any atom is -0.382 e. The van der Waals surface area contributed by atoms with Crippen molar-refractivity contribution >= 4 is 33.2 Å². The first-order valence-corrected chi connectivity index (χ1v) is 7.50. The lowest BCUT2D eigenvalue weighted by Gasteiger charge is -2.26. The third kappa shape index (κ3) is 2.73. The van der Waals surface area contributed by atoms with E-state index in [-0.39, 0.29) is 41.3 Å². The Hall–Kier alpha value is -1.34. The topological polar surface area (TPSA) is 93.4 Å². The van der Waals surface area contributed by atoms with Crippen LogP contribution in [0, 0.1) is 0 Å². The fourth-order valence-electron chi connectivity index (χ4n) is 1.66. The van der Waals surface area contributed by atoms with E-state index in [1.165, 1.54) is 17.2 Å². The second-order valence-electron chi connectivity index (χ2n) is 4.04.